The van der Waals surface area contributed by atoms with Crippen molar-refractivity contribution >= 4 is 11.9 Å². The fourth-order valence-electron chi connectivity index (χ4n) is 6.02. The molecule has 0 radical (unpaired) electrons. The second-order valence-corrected chi connectivity index (χ2v) is 9.85. The summed E-state index contributed by atoms with van der Waals surface area (Å²) in [5.74, 6) is -18.3. The minimum atomic E-state index is -5.01. The lowest BCUT2D eigenvalue weighted by atomic mass is 9.47. The second kappa shape index (κ2) is 8.00. The number of halogens is 6. The van der Waals surface area contributed by atoms with Gasteiger partial charge in [0.1, 0.15) is 0 Å². The van der Waals surface area contributed by atoms with Gasteiger partial charge >= 0.3 is 29.7 Å². The van der Waals surface area contributed by atoms with E-state index in [-0.39, 0.29) is 24.7 Å². The molecule has 2 unspecified atom stereocenters. The van der Waals surface area contributed by atoms with Crippen LogP contribution >= 0.6 is 0 Å². The first-order valence-electron chi connectivity index (χ1n) is 11.0. The summed E-state index contributed by atoms with van der Waals surface area (Å²) in [6.45, 7) is -3.07. The maximum atomic E-state index is 14.1. The van der Waals surface area contributed by atoms with Gasteiger partial charge in [0.15, 0.2) is 19.0 Å². The lowest BCUT2D eigenvalue weighted by molar-refractivity contribution is -0.365. The van der Waals surface area contributed by atoms with Gasteiger partial charge in [-0.05, 0) is 44.4 Å². The Morgan fingerprint density at radius 3 is 1.91 bits per heavy atom. The van der Waals surface area contributed by atoms with Crippen LogP contribution in [0.15, 0.2) is 0 Å². The molecule has 33 heavy (non-hydrogen) atoms. The zero-order valence-corrected chi connectivity index (χ0v) is 18.0. The first kappa shape index (κ1) is 24.6. The molecule has 6 nitrogen and oxygen atoms in total. The Hall–Kier alpha value is -1.56. The predicted molar refractivity (Wildman–Crippen MR) is 97.7 cm³/mol. The average Bonchev–Trinajstić information content (AvgIpc) is 2.73. The molecule has 5 aliphatic rings. The minimum absolute atomic E-state index is 0.0897. The Bertz CT molecular complexity index is 773. The van der Waals surface area contributed by atoms with E-state index in [1.165, 1.54) is 0 Å². The molecule has 4 bridgehead atoms. The topological polar surface area (TPSA) is 71.1 Å². The van der Waals surface area contributed by atoms with Crippen molar-refractivity contribution in [2.45, 2.75) is 69.0 Å². The van der Waals surface area contributed by atoms with Crippen molar-refractivity contribution in [2.75, 3.05) is 26.4 Å². The maximum Gasteiger partial charge on any atom is 0.376 e. The van der Waals surface area contributed by atoms with Gasteiger partial charge in [-0.15, -0.1) is 0 Å². The van der Waals surface area contributed by atoms with Crippen molar-refractivity contribution < 1.29 is 54.9 Å². The highest BCUT2D eigenvalue weighted by Crippen LogP contribution is 2.65. The fraction of sp³-hybridized carbons (Fsp3) is 0.905. The molecular formula is C21H26F6O6. The number of alkyl halides is 6. The zero-order valence-electron chi connectivity index (χ0n) is 18.0. The molecule has 12 heteroatoms. The Kier molecular flexibility index (Phi) is 5.95. The van der Waals surface area contributed by atoms with Crippen molar-refractivity contribution in [3.8, 4) is 0 Å². The van der Waals surface area contributed by atoms with Gasteiger partial charge < -0.3 is 18.9 Å². The molecule has 1 saturated heterocycles. The third-order valence-corrected chi connectivity index (χ3v) is 7.37. The maximum absolute atomic E-state index is 14.1. The first-order chi connectivity index (χ1) is 15.2. The summed E-state index contributed by atoms with van der Waals surface area (Å²) in [6, 6.07) is 0. The van der Waals surface area contributed by atoms with Crippen molar-refractivity contribution in [3.05, 3.63) is 0 Å². The van der Waals surface area contributed by atoms with E-state index in [2.05, 4.69) is 9.47 Å². The van der Waals surface area contributed by atoms with E-state index in [0.717, 1.165) is 19.3 Å². The Labute approximate surface area is 186 Å². The van der Waals surface area contributed by atoms with Crippen LogP contribution in [0.25, 0.3) is 0 Å². The molecule has 0 amide bonds. The highest BCUT2D eigenvalue weighted by molar-refractivity contribution is 5.78. The average molecular weight is 488 g/mol. The summed E-state index contributed by atoms with van der Waals surface area (Å²) < 4.78 is 102. The van der Waals surface area contributed by atoms with Crippen molar-refractivity contribution in [3.63, 3.8) is 0 Å². The van der Waals surface area contributed by atoms with E-state index in [4.69, 9.17) is 9.47 Å². The van der Waals surface area contributed by atoms with Crippen LogP contribution in [0.5, 0.6) is 0 Å². The lowest BCUT2D eigenvalue weighted by Gasteiger charge is -2.63. The van der Waals surface area contributed by atoms with Gasteiger partial charge in [-0.1, -0.05) is 0 Å². The molecular weight excluding hydrogens is 462 g/mol. The largest absolute Gasteiger partial charge is 0.459 e. The van der Waals surface area contributed by atoms with Gasteiger partial charge in [-0.3, -0.25) is 4.79 Å². The van der Waals surface area contributed by atoms with E-state index < -0.39 is 54.1 Å². The SMILES string of the molecule is CC(F)(F)C(=O)OCC(F)(F)C(F)(F)COC(=O)C12CC3CC(C1)C1(OCCCO1)C(C3)C2. The van der Waals surface area contributed by atoms with Gasteiger partial charge in [0, 0.05) is 18.8 Å². The summed E-state index contributed by atoms with van der Waals surface area (Å²) >= 11 is 0. The highest BCUT2D eigenvalue weighted by atomic mass is 19.3. The van der Waals surface area contributed by atoms with Crippen LogP contribution in [-0.4, -0.2) is 61.9 Å². The van der Waals surface area contributed by atoms with Gasteiger partial charge in [0.05, 0.1) is 18.6 Å². The van der Waals surface area contributed by atoms with Gasteiger partial charge in [0.25, 0.3) is 0 Å². The number of carbonyl (C=O) groups is 2. The van der Waals surface area contributed by atoms with E-state index in [1.807, 2.05) is 0 Å². The van der Waals surface area contributed by atoms with Crippen LogP contribution in [0.3, 0.4) is 0 Å². The van der Waals surface area contributed by atoms with E-state index in [0.29, 0.717) is 32.5 Å². The minimum Gasteiger partial charge on any atom is -0.459 e. The molecule has 1 spiro atoms. The number of carbonyl (C=O) groups excluding carboxylic acids is 2. The fourth-order valence-corrected chi connectivity index (χ4v) is 6.02. The van der Waals surface area contributed by atoms with Crippen LogP contribution in [0, 0.1) is 23.2 Å². The molecule has 4 saturated carbocycles. The van der Waals surface area contributed by atoms with Crippen LogP contribution in [-0.2, 0) is 28.5 Å². The normalized spacial score (nSPS) is 33.2. The van der Waals surface area contributed by atoms with Crippen molar-refractivity contribution in [1.29, 1.82) is 0 Å². The van der Waals surface area contributed by atoms with Crippen LogP contribution < -0.4 is 0 Å². The lowest BCUT2D eigenvalue weighted by Crippen LogP contribution is -2.66. The summed E-state index contributed by atoms with van der Waals surface area (Å²) in [5.41, 5.74) is -1.08. The molecule has 1 aliphatic heterocycles. The molecule has 188 valence electrons. The molecule has 5 fully saturated rings. The third kappa shape index (κ3) is 4.21. The molecule has 5 rings (SSSR count). The van der Waals surface area contributed by atoms with Gasteiger partial charge in [-0.2, -0.15) is 26.3 Å². The number of ether oxygens (including phenoxy) is 4. The summed E-state index contributed by atoms with van der Waals surface area (Å²) in [6.07, 6.45) is 3.31. The van der Waals surface area contributed by atoms with Crippen molar-refractivity contribution in [1.82, 2.24) is 0 Å². The Morgan fingerprint density at radius 2 is 1.39 bits per heavy atom. The summed E-state index contributed by atoms with van der Waals surface area (Å²) in [4.78, 5) is 23.8. The monoisotopic (exact) mass is 488 g/mol. The first-order valence-corrected chi connectivity index (χ1v) is 11.0. The third-order valence-electron chi connectivity index (χ3n) is 7.37. The van der Waals surface area contributed by atoms with E-state index >= 15 is 0 Å². The molecule has 0 aromatic heterocycles. The van der Waals surface area contributed by atoms with Crippen molar-refractivity contribution in [2.24, 2.45) is 23.2 Å². The van der Waals surface area contributed by atoms with Crippen LogP contribution in [0.4, 0.5) is 26.3 Å². The number of rotatable bonds is 7. The molecule has 2 atom stereocenters. The van der Waals surface area contributed by atoms with Gasteiger partial charge in [0.2, 0.25) is 0 Å². The van der Waals surface area contributed by atoms with Crippen LogP contribution in [0.2, 0.25) is 0 Å². The smallest absolute Gasteiger partial charge is 0.376 e. The van der Waals surface area contributed by atoms with Crippen LogP contribution in [0.1, 0.15) is 45.4 Å². The molecule has 0 aromatic carbocycles. The zero-order chi connectivity index (χ0) is 24.3. The highest BCUT2D eigenvalue weighted by Gasteiger charge is 2.67. The molecule has 0 N–H and O–H groups in total. The van der Waals surface area contributed by atoms with E-state index in [9.17, 15) is 35.9 Å². The second-order valence-electron chi connectivity index (χ2n) is 9.85. The number of esters is 2. The quantitative estimate of drug-likeness (QED) is 0.399. The van der Waals surface area contributed by atoms with E-state index in [1.54, 1.807) is 0 Å². The standard InChI is InChI=1S/C21H26F6O6/c1-17(22,23)15(28)30-10-19(24,25)20(26,27)11-31-16(29)18-7-12-5-13(8-18)21(14(6-12)9-18)32-3-2-4-33-21/h12-14H,2-11H2,1H3. The Morgan fingerprint density at radius 1 is 0.879 bits per heavy atom. The Balaban J connectivity index is 1.39. The molecule has 4 aliphatic carbocycles. The number of hydrogen-bond acceptors (Lipinski definition) is 6. The molecule has 0 aromatic rings. The summed E-state index contributed by atoms with van der Waals surface area (Å²) in [5, 5.41) is 0. The number of hydrogen-bond donors (Lipinski definition) is 0. The van der Waals surface area contributed by atoms with Gasteiger partial charge in [-0.25, -0.2) is 4.79 Å². The predicted octanol–water partition coefficient (Wildman–Crippen LogP) is 3.96. The summed E-state index contributed by atoms with van der Waals surface area (Å²) in [7, 11) is 0. The molecule has 1 heterocycles.